The van der Waals surface area contributed by atoms with Crippen LogP contribution in [0.1, 0.15) is 18.4 Å². The summed E-state index contributed by atoms with van der Waals surface area (Å²) in [6, 6.07) is 7.05. The third-order valence-electron chi connectivity index (χ3n) is 3.53. The van der Waals surface area contributed by atoms with E-state index in [1.165, 1.54) is 11.0 Å². The van der Waals surface area contributed by atoms with E-state index in [1.54, 1.807) is 24.3 Å². The molecule has 0 atom stereocenters. The summed E-state index contributed by atoms with van der Waals surface area (Å²) in [4.78, 5) is 24.8. The van der Waals surface area contributed by atoms with E-state index in [1.807, 2.05) is 6.07 Å². The monoisotopic (exact) mass is 323 g/mol. The fourth-order valence-corrected chi connectivity index (χ4v) is 2.60. The molecule has 5 nitrogen and oxygen atoms in total. The van der Waals surface area contributed by atoms with Crippen molar-refractivity contribution in [3.8, 4) is 0 Å². The Morgan fingerprint density at radius 2 is 2.00 bits per heavy atom. The minimum absolute atomic E-state index is 0.103. The van der Waals surface area contributed by atoms with Gasteiger partial charge in [-0.25, -0.2) is 0 Å². The Morgan fingerprint density at radius 3 is 2.64 bits per heavy atom. The van der Waals surface area contributed by atoms with Crippen LogP contribution in [-0.2, 0) is 14.3 Å². The Kier molecular flexibility index (Phi) is 5.98. The maximum atomic E-state index is 12.4. The number of halogens is 1. The van der Waals surface area contributed by atoms with Crippen molar-refractivity contribution < 1.29 is 19.4 Å². The van der Waals surface area contributed by atoms with Crippen molar-refractivity contribution >= 4 is 29.6 Å². The lowest BCUT2D eigenvalue weighted by molar-refractivity contribution is -0.145. The number of benzene rings is 1. The third kappa shape index (κ3) is 4.58. The molecule has 1 N–H and O–H groups in total. The van der Waals surface area contributed by atoms with Gasteiger partial charge in [-0.05, 0) is 30.5 Å². The zero-order chi connectivity index (χ0) is 15.9. The molecule has 0 saturated carbocycles. The van der Waals surface area contributed by atoms with Gasteiger partial charge in [-0.1, -0.05) is 29.8 Å². The summed E-state index contributed by atoms with van der Waals surface area (Å²) in [5, 5.41) is 9.57. The summed E-state index contributed by atoms with van der Waals surface area (Å²) < 4.78 is 5.26. The van der Waals surface area contributed by atoms with Gasteiger partial charge in [-0.2, -0.15) is 0 Å². The van der Waals surface area contributed by atoms with Gasteiger partial charge in [0.05, 0.1) is 0 Å². The fraction of sp³-hybridized carbons (Fsp3) is 0.375. The van der Waals surface area contributed by atoms with E-state index in [4.69, 9.17) is 21.4 Å². The lowest BCUT2D eigenvalue weighted by Crippen LogP contribution is -2.45. The Balaban J connectivity index is 2.11. The number of ether oxygens (including phenoxy) is 1. The Bertz CT molecular complexity index is 567. The Hall–Kier alpha value is -1.85. The number of carboxylic acid groups (broad SMARTS) is 1. The molecule has 0 unspecified atom stereocenters. The predicted molar refractivity (Wildman–Crippen MR) is 83.7 cm³/mol. The van der Waals surface area contributed by atoms with Gasteiger partial charge < -0.3 is 14.7 Å². The van der Waals surface area contributed by atoms with Crippen LogP contribution in [0.25, 0.3) is 6.08 Å². The Morgan fingerprint density at radius 1 is 1.32 bits per heavy atom. The van der Waals surface area contributed by atoms with Crippen LogP contribution in [0.5, 0.6) is 0 Å². The van der Waals surface area contributed by atoms with Gasteiger partial charge in [0.25, 0.3) is 0 Å². The van der Waals surface area contributed by atoms with Crippen LogP contribution in [0.3, 0.4) is 0 Å². The zero-order valence-electron chi connectivity index (χ0n) is 12.1. The molecule has 0 aromatic heterocycles. The molecular formula is C16H18ClNO4. The normalized spacial score (nSPS) is 15.9. The molecule has 0 bridgehead atoms. The molecule has 1 saturated heterocycles. The van der Waals surface area contributed by atoms with E-state index in [-0.39, 0.29) is 18.5 Å². The SMILES string of the molecule is O=C(O)CN(C(=O)/C=C/c1ccccc1Cl)C1CCOCC1. The van der Waals surface area contributed by atoms with Crippen molar-refractivity contribution in [2.45, 2.75) is 18.9 Å². The lowest BCUT2D eigenvalue weighted by atomic mass is 10.1. The molecule has 0 radical (unpaired) electrons. The van der Waals surface area contributed by atoms with Crippen molar-refractivity contribution in [2.24, 2.45) is 0 Å². The summed E-state index contributed by atoms with van der Waals surface area (Å²) in [6.45, 7) is 0.779. The molecule has 0 aliphatic carbocycles. The average Bonchev–Trinajstić information content (AvgIpc) is 2.52. The van der Waals surface area contributed by atoms with Gasteiger partial charge in [0.15, 0.2) is 0 Å². The summed E-state index contributed by atoms with van der Waals surface area (Å²) in [5.41, 5.74) is 0.722. The van der Waals surface area contributed by atoms with Gasteiger partial charge in [0.2, 0.25) is 5.91 Å². The molecule has 1 fully saturated rings. The molecule has 22 heavy (non-hydrogen) atoms. The van der Waals surface area contributed by atoms with Crippen LogP contribution in [0, 0.1) is 0 Å². The molecule has 1 aliphatic rings. The third-order valence-corrected chi connectivity index (χ3v) is 3.88. The minimum Gasteiger partial charge on any atom is -0.480 e. The predicted octanol–water partition coefficient (Wildman–Crippen LogP) is 2.45. The molecule has 1 aromatic carbocycles. The topological polar surface area (TPSA) is 66.8 Å². The summed E-state index contributed by atoms with van der Waals surface area (Å²) >= 11 is 6.03. The van der Waals surface area contributed by atoms with Crippen molar-refractivity contribution in [1.82, 2.24) is 4.90 Å². The molecule has 6 heteroatoms. The molecule has 1 amide bonds. The minimum atomic E-state index is -1.02. The summed E-state index contributed by atoms with van der Waals surface area (Å²) in [7, 11) is 0. The van der Waals surface area contributed by atoms with Crippen LogP contribution in [0.4, 0.5) is 0 Å². The van der Waals surface area contributed by atoms with E-state index in [2.05, 4.69) is 0 Å². The van der Waals surface area contributed by atoms with E-state index in [9.17, 15) is 9.59 Å². The molecular weight excluding hydrogens is 306 g/mol. The van der Waals surface area contributed by atoms with Crippen molar-refractivity contribution in [2.75, 3.05) is 19.8 Å². The molecule has 1 heterocycles. The maximum absolute atomic E-state index is 12.4. The number of hydrogen-bond acceptors (Lipinski definition) is 3. The van der Waals surface area contributed by atoms with Gasteiger partial charge in [0, 0.05) is 30.4 Å². The fourth-order valence-electron chi connectivity index (χ4n) is 2.40. The molecule has 118 valence electrons. The van der Waals surface area contributed by atoms with E-state index in [0.717, 1.165) is 5.56 Å². The van der Waals surface area contributed by atoms with Crippen molar-refractivity contribution in [3.05, 3.63) is 40.9 Å². The maximum Gasteiger partial charge on any atom is 0.323 e. The van der Waals surface area contributed by atoms with Gasteiger partial charge in [0.1, 0.15) is 6.54 Å². The largest absolute Gasteiger partial charge is 0.480 e. The summed E-state index contributed by atoms with van der Waals surface area (Å²) in [5.74, 6) is -1.35. The highest BCUT2D eigenvalue weighted by Gasteiger charge is 2.26. The van der Waals surface area contributed by atoms with Gasteiger partial charge in [-0.3, -0.25) is 9.59 Å². The first-order valence-electron chi connectivity index (χ1n) is 7.10. The highest BCUT2D eigenvalue weighted by Crippen LogP contribution is 2.18. The average molecular weight is 324 g/mol. The van der Waals surface area contributed by atoms with Crippen LogP contribution in [-0.4, -0.2) is 47.7 Å². The van der Waals surface area contributed by atoms with Crippen LogP contribution < -0.4 is 0 Å². The molecule has 2 rings (SSSR count). The van der Waals surface area contributed by atoms with E-state index >= 15 is 0 Å². The lowest BCUT2D eigenvalue weighted by Gasteiger charge is -2.32. The molecule has 1 aliphatic heterocycles. The first kappa shape index (κ1) is 16.5. The number of carboxylic acids is 1. The van der Waals surface area contributed by atoms with Crippen LogP contribution in [0.15, 0.2) is 30.3 Å². The van der Waals surface area contributed by atoms with Gasteiger partial charge >= 0.3 is 5.97 Å². The highest BCUT2D eigenvalue weighted by molar-refractivity contribution is 6.32. The number of amides is 1. The van der Waals surface area contributed by atoms with Crippen molar-refractivity contribution in [1.29, 1.82) is 0 Å². The van der Waals surface area contributed by atoms with Crippen LogP contribution in [0.2, 0.25) is 5.02 Å². The number of hydrogen-bond donors (Lipinski definition) is 1. The number of carbonyl (C=O) groups is 2. The zero-order valence-corrected chi connectivity index (χ0v) is 12.8. The summed E-state index contributed by atoms with van der Waals surface area (Å²) in [6.07, 6.45) is 4.29. The highest BCUT2D eigenvalue weighted by atomic mass is 35.5. The smallest absolute Gasteiger partial charge is 0.323 e. The van der Waals surface area contributed by atoms with E-state index in [0.29, 0.717) is 31.1 Å². The second-order valence-corrected chi connectivity index (χ2v) is 5.47. The quantitative estimate of drug-likeness (QED) is 0.845. The number of rotatable bonds is 5. The first-order chi connectivity index (χ1) is 10.6. The standard InChI is InChI=1S/C16H18ClNO4/c17-14-4-2-1-3-12(14)5-6-15(19)18(11-16(20)21)13-7-9-22-10-8-13/h1-6,13H,7-11H2,(H,20,21)/b6-5+. The van der Waals surface area contributed by atoms with Crippen molar-refractivity contribution in [3.63, 3.8) is 0 Å². The van der Waals surface area contributed by atoms with E-state index < -0.39 is 5.97 Å². The second-order valence-electron chi connectivity index (χ2n) is 5.06. The molecule has 0 spiro atoms. The number of aliphatic carboxylic acids is 1. The van der Waals surface area contributed by atoms with Gasteiger partial charge in [-0.15, -0.1) is 0 Å². The molecule has 1 aromatic rings. The van der Waals surface area contributed by atoms with Crippen LogP contribution >= 0.6 is 11.6 Å². The first-order valence-corrected chi connectivity index (χ1v) is 7.48. The number of carbonyl (C=O) groups excluding carboxylic acids is 1. The Labute approximate surface area is 134 Å². The second kappa shape index (κ2) is 7.96. The number of nitrogens with zero attached hydrogens (tertiary/aromatic N) is 1.